The van der Waals surface area contributed by atoms with E-state index in [9.17, 15) is 4.79 Å². The molecule has 0 fully saturated rings. The third-order valence-corrected chi connectivity index (χ3v) is 8.25. The number of hydrogen-bond donors (Lipinski definition) is 0. The van der Waals surface area contributed by atoms with Gasteiger partial charge >= 0.3 is 5.97 Å². The smallest absolute Gasteiger partial charge is 0.338 e. The number of anilines is 3. The topological polar surface area (TPSA) is 70.1 Å². The van der Waals surface area contributed by atoms with E-state index in [1.807, 2.05) is 84.9 Å². The van der Waals surface area contributed by atoms with Crippen LogP contribution in [0.5, 0.6) is 23.0 Å². The number of hydrogen-bond acceptors (Lipinski definition) is 7. The van der Waals surface area contributed by atoms with Gasteiger partial charge < -0.3 is 23.8 Å². The lowest BCUT2D eigenvalue weighted by atomic mass is 9.93. The van der Waals surface area contributed by atoms with Crippen molar-refractivity contribution in [2.45, 2.75) is 6.92 Å². The van der Waals surface area contributed by atoms with Gasteiger partial charge in [-0.15, -0.1) is 0 Å². The number of esters is 1. The molecule has 47 heavy (non-hydrogen) atoms. The second-order valence-electron chi connectivity index (χ2n) is 10.9. The van der Waals surface area contributed by atoms with Crippen LogP contribution in [0.1, 0.15) is 22.8 Å². The van der Waals surface area contributed by atoms with Crippen molar-refractivity contribution in [2.24, 2.45) is 0 Å². The van der Waals surface area contributed by atoms with Crippen LogP contribution in [-0.2, 0) is 4.74 Å². The quantitative estimate of drug-likeness (QED) is 0.157. The number of methoxy groups -OCH3 is 2. The molecule has 0 amide bonds. The molecule has 0 saturated carbocycles. The predicted octanol–water partition coefficient (Wildman–Crippen LogP) is 9.98. The van der Waals surface area contributed by atoms with E-state index in [0.29, 0.717) is 23.7 Å². The molecule has 1 aliphatic heterocycles. The lowest BCUT2D eigenvalue weighted by Gasteiger charge is -2.33. The number of para-hydroxylation sites is 4. The summed E-state index contributed by atoms with van der Waals surface area (Å²) in [4.78, 5) is 20.0. The van der Waals surface area contributed by atoms with Gasteiger partial charge in [0.25, 0.3) is 0 Å². The van der Waals surface area contributed by atoms with Crippen molar-refractivity contribution in [1.82, 2.24) is 4.98 Å². The van der Waals surface area contributed by atoms with Gasteiger partial charge in [0.1, 0.15) is 0 Å². The first-order valence-corrected chi connectivity index (χ1v) is 15.3. The lowest BCUT2D eigenvalue weighted by Crippen LogP contribution is -2.16. The molecule has 0 aliphatic carbocycles. The van der Waals surface area contributed by atoms with Crippen LogP contribution in [0, 0.1) is 0 Å². The van der Waals surface area contributed by atoms with Crippen LogP contribution in [0.15, 0.2) is 116 Å². The van der Waals surface area contributed by atoms with E-state index in [1.54, 1.807) is 33.3 Å². The normalized spacial score (nSPS) is 11.7. The molecule has 232 valence electrons. The summed E-state index contributed by atoms with van der Waals surface area (Å²) < 4.78 is 22.8. The molecule has 7 nitrogen and oxygen atoms in total. The molecule has 0 N–H and O–H groups in total. The fourth-order valence-corrected chi connectivity index (χ4v) is 6.04. The summed E-state index contributed by atoms with van der Waals surface area (Å²) in [6.07, 6.45) is 1.85. The first-order valence-electron chi connectivity index (χ1n) is 15.3. The van der Waals surface area contributed by atoms with Gasteiger partial charge in [0, 0.05) is 10.9 Å². The van der Waals surface area contributed by atoms with E-state index in [1.165, 1.54) is 0 Å². The lowest BCUT2D eigenvalue weighted by molar-refractivity contribution is 0.0526. The van der Waals surface area contributed by atoms with E-state index in [-0.39, 0.29) is 5.97 Å². The Morgan fingerprint density at radius 1 is 0.787 bits per heavy atom. The van der Waals surface area contributed by atoms with Crippen LogP contribution in [-0.4, -0.2) is 31.8 Å². The molecule has 0 radical (unpaired) electrons. The van der Waals surface area contributed by atoms with Gasteiger partial charge in [-0.2, -0.15) is 0 Å². The maximum atomic E-state index is 12.4. The number of rotatable bonds is 8. The third-order valence-electron chi connectivity index (χ3n) is 8.25. The number of aromatic nitrogens is 1. The van der Waals surface area contributed by atoms with Gasteiger partial charge in [0.05, 0.1) is 54.7 Å². The van der Waals surface area contributed by atoms with Crippen LogP contribution < -0.4 is 19.1 Å². The van der Waals surface area contributed by atoms with Crippen molar-refractivity contribution >= 4 is 40.0 Å². The molecular weight excluding hydrogens is 588 g/mol. The van der Waals surface area contributed by atoms with Gasteiger partial charge in [-0.05, 0) is 84.3 Å². The van der Waals surface area contributed by atoms with Gasteiger partial charge in [0.2, 0.25) is 0 Å². The number of fused-ring (bicyclic) bond motifs is 3. The maximum absolute atomic E-state index is 12.4. The number of carbonyl (C=O) groups excluding carboxylic acids is 1. The largest absolute Gasteiger partial charge is 0.493 e. The Kier molecular flexibility index (Phi) is 7.80. The zero-order chi connectivity index (χ0) is 32.5. The van der Waals surface area contributed by atoms with Gasteiger partial charge in [-0.1, -0.05) is 61.2 Å². The number of pyridine rings is 1. The van der Waals surface area contributed by atoms with E-state index in [0.717, 1.165) is 67.4 Å². The molecule has 7 heteroatoms. The van der Waals surface area contributed by atoms with Crippen LogP contribution in [0.4, 0.5) is 17.1 Å². The summed E-state index contributed by atoms with van der Waals surface area (Å²) in [6, 6.07) is 35.4. The molecule has 0 spiro atoms. The third kappa shape index (κ3) is 5.21. The minimum Gasteiger partial charge on any atom is -0.493 e. The maximum Gasteiger partial charge on any atom is 0.338 e. The minimum absolute atomic E-state index is 0.309. The standard InChI is InChI=1S/C40H32N2O5/c1-5-25-19-21-33(42-31-11-7-9-13-34(31)47-35-14-10-8-12-32(35)42)39-38(25)29(28-20-22-36(44-3)37(23-28)45-4)24-30(41-39)26-15-17-27(18-16-26)40(43)46-6-2/h5,7-24H,1,6H2,2-4H3. The highest BCUT2D eigenvalue weighted by atomic mass is 16.5. The van der Waals surface area contributed by atoms with E-state index < -0.39 is 0 Å². The minimum atomic E-state index is -0.362. The molecule has 0 atom stereocenters. The Morgan fingerprint density at radius 3 is 2.09 bits per heavy atom. The fraction of sp³-hybridized carbons (Fsp3) is 0.100. The second-order valence-corrected chi connectivity index (χ2v) is 10.9. The molecule has 7 rings (SSSR count). The molecule has 1 aromatic heterocycles. The summed E-state index contributed by atoms with van der Waals surface area (Å²) in [5, 5.41) is 0.929. The molecule has 0 unspecified atom stereocenters. The Morgan fingerprint density at radius 2 is 1.45 bits per heavy atom. The highest BCUT2D eigenvalue weighted by molar-refractivity contribution is 6.09. The Labute approximate surface area is 273 Å². The van der Waals surface area contributed by atoms with Crippen LogP contribution >= 0.6 is 0 Å². The zero-order valence-electron chi connectivity index (χ0n) is 26.3. The van der Waals surface area contributed by atoms with Crippen molar-refractivity contribution in [3.8, 4) is 45.4 Å². The highest BCUT2D eigenvalue weighted by Crippen LogP contribution is 2.52. The number of ether oxygens (including phenoxy) is 4. The Balaban J connectivity index is 1.54. The number of benzene rings is 5. The van der Waals surface area contributed by atoms with Crippen LogP contribution in [0.3, 0.4) is 0 Å². The van der Waals surface area contributed by atoms with Crippen molar-refractivity contribution in [2.75, 3.05) is 25.7 Å². The summed E-state index contributed by atoms with van der Waals surface area (Å²) in [7, 11) is 3.25. The van der Waals surface area contributed by atoms with Crippen molar-refractivity contribution in [3.63, 3.8) is 0 Å². The van der Waals surface area contributed by atoms with Crippen LogP contribution in [0.2, 0.25) is 0 Å². The Hall–Kier alpha value is -6.08. The molecule has 2 heterocycles. The Bertz CT molecular complexity index is 2110. The molecule has 0 saturated heterocycles. The van der Waals surface area contributed by atoms with E-state index in [4.69, 9.17) is 23.9 Å². The van der Waals surface area contributed by atoms with Crippen LogP contribution in [0.25, 0.3) is 39.4 Å². The number of nitrogens with zero attached hydrogens (tertiary/aromatic N) is 2. The average molecular weight is 621 g/mol. The zero-order valence-corrected chi connectivity index (χ0v) is 26.3. The molecule has 1 aliphatic rings. The molecule has 5 aromatic carbocycles. The summed E-state index contributed by atoms with van der Waals surface area (Å²) >= 11 is 0. The molecular formula is C40H32N2O5. The van der Waals surface area contributed by atoms with Gasteiger partial charge in [0.15, 0.2) is 23.0 Å². The predicted molar refractivity (Wildman–Crippen MR) is 187 cm³/mol. The summed E-state index contributed by atoms with van der Waals surface area (Å²) in [5.74, 6) is 2.38. The number of carbonyl (C=O) groups is 1. The SMILES string of the molecule is C=Cc1ccc(N2c3ccccc3Oc3ccccc32)c2nc(-c3ccc(C(=O)OCC)cc3)cc(-c3ccc(OC)c(OC)c3)c12. The first kappa shape index (κ1) is 29.6. The molecule has 0 bridgehead atoms. The van der Waals surface area contributed by atoms with E-state index in [2.05, 4.69) is 29.7 Å². The highest BCUT2D eigenvalue weighted by Gasteiger charge is 2.28. The average Bonchev–Trinajstić information content (AvgIpc) is 3.12. The van der Waals surface area contributed by atoms with Gasteiger partial charge in [-0.25, -0.2) is 9.78 Å². The second kappa shape index (κ2) is 12.4. The van der Waals surface area contributed by atoms with Crippen molar-refractivity contribution < 1.29 is 23.7 Å². The summed E-state index contributed by atoms with van der Waals surface area (Å²) in [5.41, 5.74) is 8.29. The fourth-order valence-electron chi connectivity index (χ4n) is 6.04. The summed E-state index contributed by atoms with van der Waals surface area (Å²) in [6.45, 7) is 6.27. The molecule has 6 aromatic rings. The van der Waals surface area contributed by atoms with Crippen molar-refractivity contribution in [3.05, 3.63) is 127 Å². The van der Waals surface area contributed by atoms with Gasteiger partial charge in [-0.3, -0.25) is 0 Å². The van der Waals surface area contributed by atoms with Crippen molar-refractivity contribution in [1.29, 1.82) is 0 Å². The first-order chi connectivity index (χ1) is 23.0. The monoisotopic (exact) mass is 620 g/mol. The van der Waals surface area contributed by atoms with E-state index >= 15 is 0 Å².